The van der Waals surface area contributed by atoms with Gasteiger partial charge in [0.25, 0.3) is 5.91 Å². The van der Waals surface area contributed by atoms with Gasteiger partial charge in [0.1, 0.15) is 17.1 Å². The van der Waals surface area contributed by atoms with E-state index in [1.54, 1.807) is 34.7 Å². The van der Waals surface area contributed by atoms with Crippen molar-refractivity contribution in [3.8, 4) is 5.75 Å². The van der Waals surface area contributed by atoms with Crippen LogP contribution in [0.15, 0.2) is 24.5 Å². The number of nitrogens with zero attached hydrogens (tertiary/aromatic N) is 3. The van der Waals surface area contributed by atoms with E-state index in [-0.39, 0.29) is 25.4 Å². The SMILES string of the molecule is COc1ccn2c(C(=O)N3CC[C@@H](C(F)(F)F)C4(CCOCC4)C3)cnc2c1. The highest BCUT2D eigenvalue weighted by atomic mass is 19.4. The van der Waals surface area contributed by atoms with Crippen LogP contribution in [-0.2, 0) is 4.74 Å². The minimum Gasteiger partial charge on any atom is -0.497 e. The summed E-state index contributed by atoms with van der Waals surface area (Å²) in [5.41, 5.74) is -0.0901. The van der Waals surface area contributed by atoms with Gasteiger partial charge >= 0.3 is 6.18 Å². The number of imidazole rings is 1. The fourth-order valence-corrected chi connectivity index (χ4v) is 4.54. The molecule has 2 aromatic rings. The first-order valence-corrected chi connectivity index (χ1v) is 9.29. The lowest BCUT2D eigenvalue weighted by molar-refractivity contribution is -0.232. The molecule has 0 aliphatic carbocycles. The second kappa shape index (κ2) is 6.95. The van der Waals surface area contributed by atoms with Crippen LogP contribution < -0.4 is 4.74 Å². The number of carbonyl (C=O) groups is 1. The third-order valence-electron chi connectivity index (χ3n) is 6.04. The first kappa shape index (κ1) is 19.0. The molecule has 152 valence electrons. The van der Waals surface area contributed by atoms with Gasteiger partial charge in [0.2, 0.25) is 0 Å². The molecule has 0 unspecified atom stereocenters. The molecular formula is C19H22F3N3O3. The normalized spacial score (nSPS) is 22.6. The number of aromatic nitrogens is 2. The van der Waals surface area contributed by atoms with Gasteiger partial charge in [-0.25, -0.2) is 4.98 Å². The van der Waals surface area contributed by atoms with Crippen LogP contribution >= 0.6 is 0 Å². The summed E-state index contributed by atoms with van der Waals surface area (Å²) in [4.78, 5) is 18.9. The predicted octanol–water partition coefficient (Wildman–Crippen LogP) is 3.16. The van der Waals surface area contributed by atoms with Crippen molar-refractivity contribution in [2.75, 3.05) is 33.4 Å². The summed E-state index contributed by atoms with van der Waals surface area (Å²) in [6, 6.07) is 3.41. The number of hydrogen-bond acceptors (Lipinski definition) is 4. The van der Waals surface area contributed by atoms with Gasteiger partial charge in [0.15, 0.2) is 0 Å². The van der Waals surface area contributed by atoms with Crippen LogP contribution in [0.1, 0.15) is 29.8 Å². The molecule has 2 aromatic heterocycles. The van der Waals surface area contributed by atoms with E-state index >= 15 is 0 Å². The molecule has 6 nitrogen and oxygen atoms in total. The number of hydrogen-bond donors (Lipinski definition) is 0. The summed E-state index contributed by atoms with van der Waals surface area (Å²) >= 11 is 0. The van der Waals surface area contributed by atoms with E-state index < -0.39 is 17.5 Å². The van der Waals surface area contributed by atoms with Crippen molar-refractivity contribution in [1.82, 2.24) is 14.3 Å². The number of halogens is 3. The zero-order valence-electron chi connectivity index (χ0n) is 15.5. The highest BCUT2D eigenvalue weighted by molar-refractivity contribution is 5.93. The molecule has 2 saturated heterocycles. The Balaban J connectivity index is 1.62. The average Bonchev–Trinajstić information content (AvgIpc) is 3.10. The second-order valence-corrected chi connectivity index (χ2v) is 7.52. The number of methoxy groups -OCH3 is 1. The Hall–Kier alpha value is -2.29. The summed E-state index contributed by atoms with van der Waals surface area (Å²) < 4.78 is 53.2. The molecule has 1 atom stereocenters. The van der Waals surface area contributed by atoms with Gasteiger partial charge in [-0.15, -0.1) is 0 Å². The van der Waals surface area contributed by atoms with E-state index in [1.165, 1.54) is 6.20 Å². The van der Waals surface area contributed by atoms with Crippen molar-refractivity contribution in [2.45, 2.75) is 25.4 Å². The summed E-state index contributed by atoms with van der Waals surface area (Å²) in [5.74, 6) is -1.09. The molecule has 28 heavy (non-hydrogen) atoms. The summed E-state index contributed by atoms with van der Waals surface area (Å²) in [5, 5.41) is 0. The Bertz CT molecular complexity index is 874. The quantitative estimate of drug-likeness (QED) is 0.781. The van der Waals surface area contributed by atoms with Crippen molar-refractivity contribution in [3.05, 3.63) is 30.2 Å². The highest BCUT2D eigenvalue weighted by Gasteiger charge is 2.56. The van der Waals surface area contributed by atoms with E-state index in [0.29, 0.717) is 43.1 Å². The first-order chi connectivity index (χ1) is 13.3. The minimum absolute atomic E-state index is 0.0784. The van der Waals surface area contributed by atoms with Gasteiger partial charge in [-0.3, -0.25) is 9.20 Å². The molecule has 4 heterocycles. The molecule has 9 heteroatoms. The van der Waals surface area contributed by atoms with Crippen molar-refractivity contribution in [1.29, 1.82) is 0 Å². The van der Waals surface area contributed by atoms with Crippen molar-refractivity contribution in [2.24, 2.45) is 11.3 Å². The molecule has 0 radical (unpaired) electrons. The minimum atomic E-state index is -4.27. The number of likely N-dealkylation sites (tertiary alicyclic amines) is 1. The molecule has 0 bridgehead atoms. The molecule has 1 spiro atoms. The highest BCUT2D eigenvalue weighted by Crippen LogP contribution is 2.51. The number of fused-ring (bicyclic) bond motifs is 1. The fraction of sp³-hybridized carbons (Fsp3) is 0.579. The molecule has 0 aromatic carbocycles. The molecule has 2 fully saturated rings. The van der Waals surface area contributed by atoms with Crippen LogP contribution in [0, 0.1) is 11.3 Å². The number of alkyl halides is 3. The molecule has 0 N–H and O–H groups in total. The molecule has 2 aliphatic heterocycles. The summed E-state index contributed by atoms with van der Waals surface area (Å²) in [7, 11) is 1.54. The smallest absolute Gasteiger partial charge is 0.392 e. The van der Waals surface area contributed by atoms with E-state index in [4.69, 9.17) is 9.47 Å². The Kier molecular flexibility index (Phi) is 4.73. The number of piperidine rings is 1. The maximum atomic E-state index is 13.7. The fourth-order valence-electron chi connectivity index (χ4n) is 4.54. The van der Waals surface area contributed by atoms with Gasteiger partial charge < -0.3 is 14.4 Å². The largest absolute Gasteiger partial charge is 0.497 e. The Morgan fingerprint density at radius 1 is 1.36 bits per heavy atom. The lowest BCUT2D eigenvalue weighted by Gasteiger charge is -2.50. The van der Waals surface area contributed by atoms with E-state index in [1.807, 2.05) is 0 Å². The van der Waals surface area contributed by atoms with Crippen molar-refractivity contribution >= 4 is 11.6 Å². The van der Waals surface area contributed by atoms with E-state index in [9.17, 15) is 18.0 Å². The third kappa shape index (κ3) is 3.21. The lowest BCUT2D eigenvalue weighted by atomic mass is 9.65. The van der Waals surface area contributed by atoms with Crippen LogP contribution in [-0.4, -0.2) is 59.8 Å². The zero-order valence-corrected chi connectivity index (χ0v) is 15.5. The third-order valence-corrected chi connectivity index (χ3v) is 6.04. The summed E-state index contributed by atoms with van der Waals surface area (Å²) in [6.07, 6.45) is -0.590. The first-order valence-electron chi connectivity index (χ1n) is 9.29. The maximum absolute atomic E-state index is 13.7. The van der Waals surface area contributed by atoms with Crippen molar-refractivity contribution < 1.29 is 27.4 Å². The zero-order chi connectivity index (χ0) is 19.9. The Morgan fingerprint density at radius 3 is 2.79 bits per heavy atom. The Labute approximate surface area is 160 Å². The molecule has 4 rings (SSSR count). The van der Waals surface area contributed by atoms with Crippen molar-refractivity contribution in [3.63, 3.8) is 0 Å². The molecule has 2 aliphatic rings. The predicted molar refractivity (Wildman–Crippen MR) is 94.3 cm³/mol. The van der Waals surface area contributed by atoms with Gasteiger partial charge in [-0.05, 0) is 25.3 Å². The van der Waals surface area contributed by atoms with E-state index in [2.05, 4.69) is 4.98 Å². The number of amides is 1. The lowest BCUT2D eigenvalue weighted by Crippen LogP contribution is -2.56. The van der Waals surface area contributed by atoms with Gasteiger partial charge in [0, 0.05) is 44.0 Å². The molecule has 0 saturated carbocycles. The number of ether oxygens (including phenoxy) is 2. The van der Waals surface area contributed by atoms with Crippen LogP contribution in [0.3, 0.4) is 0 Å². The standard InChI is InChI=1S/C19H22F3N3O3/c1-27-13-2-7-25-14(11-23-16(25)10-13)17(26)24-6-3-15(19(20,21)22)18(12-24)4-8-28-9-5-18/h2,7,10-11,15H,3-6,8-9,12H2,1H3/t15-/m1/s1. The number of rotatable bonds is 2. The Morgan fingerprint density at radius 2 is 2.11 bits per heavy atom. The topological polar surface area (TPSA) is 56.1 Å². The van der Waals surface area contributed by atoms with Gasteiger partial charge in [-0.2, -0.15) is 13.2 Å². The van der Waals surface area contributed by atoms with Crippen LogP contribution in [0.25, 0.3) is 5.65 Å². The number of pyridine rings is 1. The van der Waals surface area contributed by atoms with E-state index in [0.717, 1.165) is 0 Å². The number of carbonyl (C=O) groups excluding carboxylic acids is 1. The van der Waals surface area contributed by atoms with Gasteiger partial charge in [0.05, 0.1) is 19.2 Å². The monoisotopic (exact) mass is 397 g/mol. The van der Waals surface area contributed by atoms with Crippen LogP contribution in [0.2, 0.25) is 0 Å². The van der Waals surface area contributed by atoms with Crippen LogP contribution in [0.5, 0.6) is 5.75 Å². The van der Waals surface area contributed by atoms with Crippen LogP contribution in [0.4, 0.5) is 13.2 Å². The van der Waals surface area contributed by atoms with Gasteiger partial charge in [-0.1, -0.05) is 0 Å². The average molecular weight is 397 g/mol. The molecule has 1 amide bonds. The summed E-state index contributed by atoms with van der Waals surface area (Å²) in [6.45, 7) is 0.756. The molecular weight excluding hydrogens is 375 g/mol. The maximum Gasteiger partial charge on any atom is 0.392 e. The second-order valence-electron chi connectivity index (χ2n) is 7.52.